The first-order valence-electron chi connectivity index (χ1n) is 3.61. The molecule has 0 aliphatic carbocycles. The predicted molar refractivity (Wildman–Crippen MR) is 46.4 cm³/mol. The van der Waals surface area contributed by atoms with Gasteiger partial charge in [-0.15, -0.1) is 0 Å². The minimum Gasteiger partial charge on any atom is -0.321 e. The smallest absolute Gasteiger partial charge is 0.152 e. The van der Waals surface area contributed by atoms with Gasteiger partial charge in [-0.2, -0.15) is 5.10 Å². The van der Waals surface area contributed by atoms with Crippen molar-refractivity contribution in [1.82, 2.24) is 5.43 Å². The summed E-state index contributed by atoms with van der Waals surface area (Å²) in [5, 5.41) is 3.42. The molecule has 0 aromatic rings. The van der Waals surface area contributed by atoms with Crippen molar-refractivity contribution in [2.24, 2.45) is 28.4 Å². The quantitative estimate of drug-likeness (QED) is 0.185. The minimum absolute atomic E-state index is 0.190. The van der Waals surface area contributed by atoms with Gasteiger partial charge in [0.05, 0.1) is 6.04 Å². The lowest BCUT2D eigenvalue weighted by atomic mass is 10.0. The van der Waals surface area contributed by atoms with Gasteiger partial charge in [0.2, 0.25) is 0 Å². The molecule has 5 nitrogen and oxygen atoms in total. The van der Waals surface area contributed by atoms with Crippen LogP contribution >= 0.6 is 0 Å². The van der Waals surface area contributed by atoms with E-state index in [1.165, 1.54) is 0 Å². The summed E-state index contributed by atoms with van der Waals surface area (Å²) in [4.78, 5) is 0. The fraction of sp³-hybridized carbons (Fsp3) is 0.833. The Labute approximate surface area is 67.0 Å². The fourth-order valence-corrected chi connectivity index (χ4v) is 0.860. The molecule has 0 bridgehead atoms. The van der Waals surface area contributed by atoms with Gasteiger partial charge in [-0.3, -0.25) is 0 Å². The second-order valence-corrected chi connectivity index (χ2v) is 2.89. The van der Waals surface area contributed by atoms with E-state index in [0.29, 0.717) is 11.8 Å². The fourth-order valence-electron chi connectivity index (χ4n) is 0.860. The van der Waals surface area contributed by atoms with Gasteiger partial charge < -0.3 is 17.0 Å². The number of hydrazone groups is 1. The molecular weight excluding hydrogens is 142 g/mol. The molecule has 0 saturated heterocycles. The number of amidine groups is 1. The molecule has 0 aromatic carbocycles. The molecule has 0 fully saturated rings. The van der Waals surface area contributed by atoms with Crippen LogP contribution in [0.4, 0.5) is 0 Å². The zero-order chi connectivity index (χ0) is 8.85. The summed E-state index contributed by atoms with van der Waals surface area (Å²) in [6.07, 6.45) is 0.820. The summed E-state index contributed by atoms with van der Waals surface area (Å²) in [7, 11) is 0. The van der Waals surface area contributed by atoms with Crippen LogP contribution in [-0.2, 0) is 0 Å². The van der Waals surface area contributed by atoms with Crippen molar-refractivity contribution in [2.75, 3.05) is 0 Å². The third-order valence-corrected chi connectivity index (χ3v) is 1.36. The van der Waals surface area contributed by atoms with Crippen LogP contribution in [-0.4, -0.2) is 11.9 Å². The van der Waals surface area contributed by atoms with Crippen LogP contribution < -0.4 is 22.8 Å². The highest BCUT2D eigenvalue weighted by Gasteiger charge is 2.10. The molecule has 0 saturated carbocycles. The van der Waals surface area contributed by atoms with Gasteiger partial charge in [0.15, 0.2) is 5.84 Å². The number of hydrazine groups is 1. The van der Waals surface area contributed by atoms with E-state index in [9.17, 15) is 0 Å². The van der Waals surface area contributed by atoms with Gasteiger partial charge in [0, 0.05) is 0 Å². The number of nitrogens with one attached hydrogen (secondary N) is 1. The Kier molecular flexibility index (Phi) is 4.56. The molecule has 0 radical (unpaired) electrons. The van der Waals surface area contributed by atoms with Crippen LogP contribution in [0.3, 0.4) is 0 Å². The largest absolute Gasteiger partial charge is 0.321 e. The second-order valence-electron chi connectivity index (χ2n) is 2.89. The first kappa shape index (κ1) is 10.2. The summed E-state index contributed by atoms with van der Waals surface area (Å²) in [6, 6.07) is -0.190. The number of hydrogen-bond acceptors (Lipinski definition) is 4. The van der Waals surface area contributed by atoms with Crippen molar-refractivity contribution in [3.05, 3.63) is 0 Å². The van der Waals surface area contributed by atoms with Crippen LogP contribution in [0, 0.1) is 5.92 Å². The second kappa shape index (κ2) is 4.92. The molecule has 0 aliphatic rings. The highest BCUT2D eigenvalue weighted by atomic mass is 15.3. The molecule has 0 amide bonds. The number of hydrogen-bond donors (Lipinski definition) is 4. The lowest BCUT2D eigenvalue weighted by Gasteiger charge is -2.14. The van der Waals surface area contributed by atoms with Crippen LogP contribution in [0.15, 0.2) is 5.10 Å². The SMILES string of the molecule is CC(C)CC(N)/C(=N/N)NN. The molecule has 0 spiro atoms. The molecule has 0 aromatic heterocycles. The van der Waals surface area contributed by atoms with Crippen LogP contribution in [0.25, 0.3) is 0 Å². The zero-order valence-corrected chi connectivity index (χ0v) is 7.04. The lowest BCUT2D eigenvalue weighted by Crippen LogP contribution is -2.45. The molecule has 66 valence electrons. The first-order chi connectivity index (χ1) is 5.11. The topological polar surface area (TPSA) is 102 Å². The van der Waals surface area contributed by atoms with E-state index < -0.39 is 0 Å². The van der Waals surface area contributed by atoms with Crippen molar-refractivity contribution in [3.8, 4) is 0 Å². The maximum atomic E-state index is 5.69. The third-order valence-electron chi connectivity index (χ3n) is 1.36. The van der Waals surface area contributed by atoms with E-state index in [4.69, 9.17) is 17.4 Å². The Morgan fingerprint density at radius 1 is 1.55 bits per heavy atom. The summed E-state index contributed by atoms with van der Waals surface area (Å²) in [5.41, 5.74) is 8.04. The van der Waals surface area contributed by atoms with Crippen molar-refractivity contribution in [2.45, 2.75) is 26.3 Å². The molecule has 1 unspecified atom stereocenters. The Morgan fingerprint density at radius 3 is 2.36 bits per heavy atom. The van der Waals surface area contributed by atoms with E-state index in [1.807, 2.05) is 0 Å². The Balaban J connectivity index is 3.90. The van der Waals surface area contributed by atoms with Crippen LogP contribution in [0.5, 0.6) is 0 Å². The molecule has 11 heavy (non-hydrogen) atoms. The number of rotatable bonds is 3. The summed E-state index contributed by atoms with van der Waals surface area (Å²) < 4.78 is 0. The maximum Gasteiger partial charge on any atom is 0.152 e. The molecule has 0 aliphatic heterocycles. The van der Waals surface area contributed by atoms with Gasteiger partial charge in [-0.1, -0.05) is 13.8 Å². The maximum absolute atomic E-state index is 5.69. The van der Waals surface area contributed by atoms with Crippen molar-refractivity contribution in [1.29, 1.82) is 0 Å². The van der Waals surface area contributed by atoms with Crippen LogP contribution in [0.2, 0.25) is 0 Å². The van der Waals surface area contributed by atoms with E-state index in [-0.39, 0.29) is 6.04 Å². The van der Waals surface area contributed by atoms with Crippen molar-refractivity contribution in [3.63, 3.8) is 0 Å². The van der Waals surface area contributed by atoms with E-state index in [0.717, 1.165) is 6.42 Å². The highest BCUT2D eigenvalue weighted by molar-refractivity contribution is 5.86. The Morgan fingerprint density at radius 2 is 2.09 bits per heavy atom. The molecule has 1 atom stereocenters. The molecular formula is C6H17N5. The molecule has 5 heteroatoms. The number of nitrogens with zero attached hydrogens (tertiary/aromatic N) is 1. The minimum atomic E-state index is -0.190. The van der Waals surface area contributed by atoms with Crippen molar-refractivity contribution >= 4 is 5.84 Å². The standard InChI is InChI=1S/C6H17N5/c1-4(2)3-5(7)6(10-8)11-9/h4-5H,3,7-9H2,1-2H3,(H,10,11). The Hall–Kier alpha value is -0.810. The monoisotopic (exact) mass is 159 g/mol. The summed E-state index contributed by atoms with van der Waals surface area (Å²) in [6.45, 7) is 4.15. The predicted octanol–water partition coefficient (Wildman–Crippen LogP) is -0.905. The normalized spacial score (nSPS) is 15.2. The Bertz CT molecular complexity index is 131. The van der Waals surface area contributed by atoms with Gasteiger partial charge in [0.1, 0.15) is 0 Å². The van der Waals surface area contributed by atoms with Gasteiger partial charge in [-0.25, -0.2) is 5.84 Å². The highest BCUT2D eigenvalue weighted by Crippen LogP contribution is 2.02. The average Bonchev–Trinajstić information content (AvgIpc) is 1.88. The van der Waals surface area contributed by atoms with E-state index in [2.05, 4.69) is 24.4 Å². The molecule has 0 heterocycles. The third kappa shape index (κ3) is 3.79. The molecule has 7 N–H and O–H groups in total. The first-order valence-corrected chi connectivity index (χ1v) is 3.61. The molecule has 0 rings (SSSR count). The zero-order valence-electron chi connectivity index (χ0n) is 7.04. The van der Waals surface area contributed by atoms with Gasteiger partial charge in [0.25, 0.3) is 0 Å². The lowest BCUT2D eigenvalue weighted by molar-refractivity contribution is 0.552. The number of nitrogens with two attached hydrogens (primary N) is 3. The van der Waals surface area contributed by atoms with Gasteiger partial charge >= 0.3 is 0 Å². The summed E-state index contributed by atoms with van der Waals surface area (Å²) in [5.74, 6) is 11.1. The van der Waals surface area contributed by atoms with Gasteiger partial charge in [-0.05, 0) is 12.3 Å². The van der Waals surface area contributed by atoms with Crippen molar-refractivity contribution < 1.29 is 0 Å². The summed E-state index contributed by atoms with van der Waals surface area (Å²) >= 11 is 0. The van der Waals surface area contributed by atoms with Crippen LogP contribution in [0.1, 0.15) is 20.3 Å². The van der Waals surface area contributed by atoms with E-state index >= 15 is 0 Å². The average molecular weight is 159 g/mol. The van der Waals surface area contributed by atoms with E-state index in [1.54, 1.807) is 0 Å².